The first-order valence-corrected chi connectivity index (χ1v) is 7.12. The number of carbonyl (C=O) groups is 1. The lowest BCUT2D eigenvalue weighted by Crippen LogP contribution is -2.37. The first-order valence-electron chi connectivity index (χ1n) is 6.24. The number of amides is 1. The van der Waals surface area contributed by atoms with E-state index in [-0.39, 0.29) is 18.6 Å². The maximum atomic E-state index is 12.0. The Kier molecular flexibility index (Phi) is 4.57. The van der Waals surface area contributed by atoms with Crippen LogP contribution < -0.4 is 0 Å². The quantitative estimate of drug-likeness (QED) is 0.872. The molecule has 0 bridgehead atoms. The van der Waals surface area contributed by atoms with Gasteiger partial charge in [-0.15, -0.1) is 11.3 Å². The van der Waals surface area contributed by atoms with E-state index in [4.69, 9.17) is 5.11 Å². The van der Waals surface area contributed by atoms with E-state index in [9.17, 15) is 4.79 Å². The van der Waals surface area contributed by atoms with E-state index >= 15 is 0 Å². The summed E-state index contributed by atoms with van der Waals surface area (Å²) in [4.78, 5) is 15.2. The van der Waals surface area contributed by atoms with E-state index in [0.717, 1.165) is 32.2 Å². The number of aryl methyl sites for hydroxylation is 1. The molecule has 0 aliphatic carbocycles. The van der Waals surface area contributed by atoms with Crippen LogP contribution in [0, 0.1) is 0 Å². The predicted molar refractivity (Wildman–Crippen MR) is 69.1 cm³/mol. The van der Waals surface area contributed by atoms with Gasteiger partial charge in [-0.25, -0.2) is 0 Å². The first-order chi connectivity index (χ1) is 8.31. The highest BCUT2D eigenvalue weighted by Gasteiger charge is 2.27. The molecular weight excluding hydrogens is 234 g/mol. The third-order valence-electron chi connectivity index (χ3n) is 3.30. The highest BCUT2D eigenvalue weighted by molar-refractivity contribution is 7.09. The lowest BCUT2D eigenvalue weighted by molar-refractivity contribution is -0.132. The Morgan fingerprint density at radius 3 is 3.18 bits per heavy atom. The molecule has 94 valence electrons. The number of likely N-dealkylation sites (tertiary alicyclic amines) is 1. The van der Waals surface area contributed by atoms with Gasteiger partial charge in [-0.1, -0.05) is 6.07 Å². The Morgan fingerprint density at radius 1 is 1.59 bits per heavy atom. The van der Waals surface area contributed by atoms with Crippen LogP contribution >= 0.6 is 11.3 Å². The number of hydrogen-bond acceptors (Lipinski definition) is 3. The van der Waals surface area contributed by atoms with Crippen LogP contribution in [0.15, 0.2) is 17.5 Å². The van der Waals surface area contributed by atoms with E-state index in [1.807, 2.05) is 11.0 Å². The minimum absolute atomic E-state index is 0.0734. The van der Waals surface area contributed by atoms with Crippen LogP contribution in [0.5, 0.6) is 0 Å². The molecule has 1 aromatic rings. The number of rotatable bonds is 5. The number of nitrogens with zero attached hydrogens (tertiary/aromatic N) is 1. The van der Waals surface area contributed by atoms with Gasteiger partial charge in [0.1, 0.15) is 0 Å². The van der Waals surface area contributed by atoms with Crippen LogP contribution in [0.3, 0.4) is 0 Å². The zero-order valence-electron chi connectivity index (χ0n) is 9.97. The molecule has 17 heavy (non-hydrogen) atoms. The van der Waals surface area contributed by atoms with Crippen molar-refractivity contribution in [2.45, 2.75) is 38.1 Å². The van der Waals surface area contributed by atoms with Crippen molar-refractivity contribution in [3.63, 3.8) is 0 Å². The third kappa shape index (κ3) is 3.30. The second kappa shape index (κ2) is 6.17. The summed E-state index contributed by atoms with van der Waals surface area (Å²) in [6.07, 6.45) is 4.48. The summed E-state index contributed by atoms with van der Waals surface area (Å²) in [6.45, 7) is 0.930. The van der Waals surface area contributed by atoms with Crippen molar-refractivity contribution in [3.05, 3.63) is 22.4 Å². The Balaban J connectivity index is 1.73. The van der Waals surface area contributed by atoms with Crippen LogP contribution in [0.25, 0.3) is 0 Å². The molecule has 1 amide bonds. The fourth-order valence-electron chi connectivity index (χ4n) is 2.37. The lowest BCUT2D eigenvalue weighted by Gasteiger charge is -2.22. The van der Waals surface area contributed by atoms with E-state index in [1.54, 1.807) is 11.3 Å². The molecule has 1 aromatic heterocycles. The molecule has 3 nitrogen and oxygen atoms in total. The van der Waals surface area contributed by atoms with Gasteiger partial charge in [0.15, 0.2) is 0 Å². The van der Waals surface area contributed by atoms with Crippen molar-refractivity contribution >= 4 is 17.2 Å². The molecule has 0 aromatic carbocycles. The largest absolute Gasteiger partial charge is 0.394 e. The molecule has 0 unspecified atom stereocenters. The van der Waals surface area contributed by atoms with Crippen molar-refractivity contribution < 1.29 is 9.90 Å². The fraction of sp³-hybridized carbons (Fsp3) is 0.615. The number of carbonyl (C=O) groups excluding carboxylic acids is 1. The molecule has 2 rings (SSSR count). The van der Waals surface area contributed by atoms with Crippen molar-refractivity contribution in [1.29, 1.82) is 0 Å². The summed E-state index contributed by atoms with van der Waals surface area (Å²) in [5.41, 5.74) is 0. The highest BCUT2D eigenvalue weighted by Crippen LogP contribution is 2.19. The number of aliphatic hydroxyl groups excluding tert-OH is 1. The number of aliphatic hydroxyl groups is 1. The van der Waals surface area contributed by atoms with Crippen molar-refractivity contribution in [3.8, 4) is 0 Å². The normalized spacial score (nSPS) is 19.8. The average molecular weight is 253 g/mol. The van der Waals surface area contributed by atoms with Gasteiger partial charge in [0, 0.05) is 17.8 Å². The summed E-state index contributed by atoms with van der Waals surface area (Å²) in [6, 6.07) is 4.23. The van der Waals surface area contributed by atoms with Crippen molar-refractivity contribution in [2.75, 3.05) is 13.2 Å². The van der Waals surface area contributed by atoms with Crippen LogP contribution in [0.1, 0.15) is 30.6 Å². The van der Waals surface area contributed by atoms with Gasteiger partial charge < -0.3 is 10.0 Å². The molecule has 1 fully saturated rings. The van der Waals surface area contributed by atoms with E-state index < -0.39 is 0 Å². The Bertz CT molecular complexity index is 350. The Labute approximate surface area is 106 Å². The molecule has 1 aliphatic rings. The summed E-state index contributed by atoms with van der Waals surface area (Å²) < 4.78 is 0. The van der Waals surface area contributed by atoms with E-state index in [2.05, 4.69) is 11.4 Å². The summed E-state index contributed by atoms with van der Waals surface area (Å²) in [5, 5.41) is 11.2. The summed E-state index contributed by atoms with van der Waals surface area (Å²) in [5.74, 6) is 0.207. The smallest absolute Gasteiger partial charge is 0.222 e. The highest BCUT2D eigenvalue weighted by atomic mass is 32.1. The van der Waals surface area contributed by atoms with Gasteiger partial charge in [0.05, 0.1) is 12.6 Å². The molecule has 1 aliphatic heterocycles. The molecule has 0 saturated carbocycles. The lowest BCUT2D eigenvalue weighted by atomic mass is 10.2. The zero-order chi connectivity index (χ0) is 12.1. The minimum atomic E-state index is 0.0734. The van der Waals surface area contributed by atoms with Crippen LogP contribution in [-0.4, -0.2) is 35.1 Å². The molecular formula is C13H19NO2S. The van der Waals surface area contributed by atoms with Gasteiger partial charge in [0.25, 0.3) is 0 Å². The van der Waals surface area contributed by atoms with Gasteiger partial charge in [0.2, 0.25) is 5.91 Å². The van der Waals surface area contributed by atoms with E-state index in [1.165, 1.54) is 4.88 Å². The monoisotopic (exact) mass is 253 g/mol. The van der Waals surface area contributed by atoms with Crippen LogP contribution in [0.2, 0.25) is 0 Å². The van der Waals surface area contributed by atoms with Crippen molar-refractivity contribution in [2.24, 2.45) is 0 Å². The molecule has 2 heterocycles. The third-order valence-corrected chi connectivity index (χ3v) is 4.24. The topological polar surface area (TPSA) is 40.5 Å². The first kappa shape index (κ1) is 12.6. The SMILES string of the molecule is O=C(CCCc1cccs1)N1CCC[C@H]1CO. The second-order valence-electron chi connectivity index (χ2n) is 4.50. The Hall–Kier alpha value is -0.870. The molecule has 1 saturated heterocycles. The average Bonchev–Trinajstić information content (AvgIpc) is 2.99. The number of hydrogen-bond donors (Lipinski definition) is 1. The molecule has 0 spiro atoms. The van der Waals surface area contributed by atoms with Gasteiger partial charge >= 0.3 is 0 Å². The second-order valence-corrected chi connectivity index (χ2v) is 5.53. The molecule has 0 radical (unpaired) electrons. The zero-order valence-corrected chi connectivity index (χ0v) is 10.8. The van der Waals surface area contributed by atoms with Crippen LogP contribution in [-0.2, 0) is 11.2 Å². The van der Waals surface area contributed by atoms with E-state index in [0.29, 0.717) is 6.42 Å². The number of thiophene rings is 1. The molecule has 4 heteroatoms. The summed E-state index contributed by atoms with van der Waals surface area (Å²) in [7, 11) is 0. The van der Waals surface area contributed by atoms with Gasteiger partial charge in [-0.3, -0.25) is 4.79 Å². The minimum Gasteiger partial charge on any atom is -0.394 e. The predicted octanol–water partition coefficient (Wildman–Crippen LogP) is 2.05. The molecule has 1 atom stereocenters. The van der Waals surface area contributed by atoms with Crippen LogP contribution in [0.4, 0.5) is 0 Å². The summed E-state index contributed by atoms with van der Waals surface area (Å²) >= 11 is 1.75. The maximum Gasteiger partial charge on any atom is 0.222 e. The van der Waals surface area contributed by atoms with Crippen molar-refractivity contribution in [1.82, 2.24) is 4.90 Å². The Morgan fingerprint density at radius 2 is 2.47 bits per heavy atom. The fourth-order valence-corrected chi connectivity index (χ4v) is 3.12. The van der Waals surface area contributed by atoms with Gasteiger partial charge in [-0.2, -0.15) is 0 Å². The van der Waals surface area contributed by atoms with Gasteiger partial charge in [-0.05, 0) is 37.1 Å². The standard InChI is InChI=1S/C13H19NO2S/c15-10-11-4-2-8-14(11)13(16)7-1-5-12-6-3-9-17-12/h3,6,9,11,15H,1-2,4-5,7-8,10H2/t11-/m0/s1. The molecule has 1 N–H and O–H groups in total. The maximum absolute atomic E-state index is 12.0.